The molecule has 0 fully saturated rings. The van der Waals surface area contributed by atoms with E-state index in [2.05, 4.69) is 25.9 Å². The maximum Gasteiger partial charge on any atom is 0.223 e. The van der Waals surface area contributed by atoms with Gasteiger partial charge in [-0.3, -0.25) is 0 Å². The third-order valence-corrected chi connectivity index (χ3v) is 3.45. The normalized spacial score (nSPS) is 10.6. The number of hydrogen-bond acceptors (Lipinski definition) is 2. The van der Waals surface area contributed by atoms with Crippen molar-refractivity contribution in [2.45, 2.75) is 0 Å². The Balaban J connectivity index is 2.69. The summed E-state index contributed by atoms with van der Waals surface area (Å²) in [6.45, 7) is 0. The number of hydrogen-bond donors (Lipinski definition) is 0. The molecule has 2 rings (SSSR count). The van der Waals surface area contributed by atoms with Crippen LogP contribution >= 0.6 is 39.1 Å². The van der Waals surface area contributed by atoms with Gasteiger partial charge in [0.15, 0.2) is 11.6 Å². The molecule has 0 saturated carbocycles. The van der Waals surface area contributed by atoms with Gasteiger partial charge >= 0.3 is 0 Å². The van der Waals surface area contributed by atoms with Crippen molar-refractivity contribution in [3.05, 3.63) is 44.7 Å². The summed E-state index contributed by atoms with van der Waals surface area (Å²) in [4.78, 5) is 7.09. The van der Waals surface area contributed by atoms with Gasteiger partial charge in [0.25, 0.3) is 0 Å². The van der Waals surface area contributed by atoms with E-state index < -0.39 is 11.6 Å². The summed E-state index contributed by atoms with van der Waals surface area (Å²) >= 11 is 14.3. The van der Waals surface area contributed by atoms with Gasteiger partial charge in [0.05, 0.1) is 11.2 Å². The van der Waals surface area contributed by atoms with Crippen molar-refractivity contribution < 1.29 is 8.78 Å². The Hall–Kier alpha value is -0.780. The summed E-state index contributed by atoms with van der Waals surface area (Å²) in [5.74, 6) is -1.54. The van der Waals surface area contributed by atoms with Gasteiger partial charge in [-0.05, 0) is 39.7 Å². The standard InChI is InChI=1S/C10H3BrCl2F2N2/c11-5-2-1-4(8(15)7(5)12)9-6(14)3-16-10(13)17-9/h1-3H. The monoisotopic (exact) mass is 338 g/mol. The fourth-order valence-corrected chi connectivity index (χ4v) is 1.85. The van der Waals surface area contributed by atoms with Crippen LogP contribution in [0.2, 0.25) is 10.3 Å². The molecule has 2 aromatic rings. The molecule has 0 aliphatic rings. The average molecular weight is 340 g/mol. The van der Waals surface area contributed by atoms with Crippen molar-refractivity contribution >= 4 is 39.1 Å². The summed E-state index contributed by atoms with van der Waals surface area (Å²) in [6, 6.07) is 2.85. The van der Waals surface area contributed by atoms with Crippen LogP contribution in [0.4, 0.5) is 8.78 Å². The van der Waals surface area contributed by atoms with Crippen molar-refractivity contribution in [3.63, 3.8) is 0 Å². The molecule has 0 spiro atoms. The second-order valence-corrected chi connectivity index (χ2v) is 4.63. The van der Waals surface area contributed by atoms with Crippen molar-refractivity contribution in [2.24, 2.45) is 0 Å². The molecule has 1 heterocycles. The minimum Gasteiger partial charge on any atom is -0.223 e. The van der Waals surface area contributed by atoms with Crippen LogP contribution in [0.1, 0.15) is 0 Å². The summed E-state index contributed by atoms with van der Waals surface area (Å²) < 4.78 is 27.7. The predicted octanol–water partition coefficient (Wildman–Crippen LogP) is 4.49. The van der Waals surface area contributed by atoms with Gasteiger partial charge in [0.2, 0.25) is 5.28 Å². The molecule has 2 nitrogen and oxygen atoms in total. The molecule has 88 valence electrons. The Kier molecular flexibility index (Phi) is 3.61. The van der Waals surface area contributed by atoms with Crippen LogP contribution in [-0.2, 0) is 0 Å². The van der Waals surface area contributed by atoms with E-state index in [0.29, 0.717) is 4.47 Å². The molecule has 0 aliphatic heterocycles. The average Bonchev–Trinajstić information content (AvgIpc) is 2.30. The van der Waals surface area contributed by atoms with Crippen LogP contribution in [0.3, 0.4) is 0 Å². The lowest BCUT2D eigenvalue weighted by Gasteiger charge is -2.06. The van der Waals surface area contributed by atoms with Crippen molar-refractivity contribution in [2.75, 3.05) is 0 Å². The van der Waals surface area contributed by atoms with E-state index in [4.69, 9.17) is 23.2 Å². The number of halogens is 5. The quantitative estimate of drug-likeness (QED) is 0.565. The molecule has 0 N–H and O–H groups in total. The molecule has 0 radical (unpaired) electrons. The molecule has 1 aromatic carbocycles. The molecule has 0 unspecified atom stereocenters. The zero-order chi connectivity index (χ0) is 12.6. The van der Waals surface area contributed by atoms with E-state index in [-0.39, 0.29) is 21.6 Å². The van der Waals surface area contributed by atoms with Gasteiger partial charge in [-0.1, -0.05) is 11.6 Å². The van der Waals surface area contributed by atoms with E-state index in [1.54, 1.807) is 0 Å². The maximum atomic E-state index is 13.8. The Labute approximate surface area is 114 Å². The first-order chi connectivity index (χ1) is 8.00. The maximum absolute atomic E-state index is 13.8. The Bertz CT molecular complexity index is 593. The second kappa shape index (κ2) is 4.84. The Morgan fingerprint density at radius 1 is 1.18 bits per heavy atom. The molecule has 0 amide bonds. The number of rotatable bonds is 1. The highest BCUT2D eigenvalue weighted by Crippen LogP contribution is 2.33. The van der Waals surface area contributed by atoms with Gasteiger partial charge in [-0.2, -0.15) is 0 Å². The van der Waals surface area contributed by atoms with Crippen LogP contribution < -0.4 is 0 Å². The molecule has 1 aromatic heterocycles. The third-order valence-electron chi connectivity index (χ3n) is 2.01. The van der Waals surface area contributed by atoms with Crippen LogP contribution in [0.15, 0.2) is 22.8 Å². The van der Waals surface area contributed by atoms with E-state index in [9.17, 15) is 8.78 Å². The Morgan fingerprint density at radius 3 is 2.59 bits per heavy atom. The van der Waals surface area contributed by atoms with Crippen LogP contribution in [0.5, 0.6) is 0 Å². The lowest BCUT2D eigenvalue weighted by atomic mass is 10.1. The molecule has 17 heavy (non-hydrogen) atoms. The lowest BCUT2D eigenvalue weighted by Crippen LogP contribution is -1.95. The number of benzene rings is 1. The minimum absolute atomic E-state index is 0.0694. The smallest absolute Gasteiger partial charge is 0.223 e. The summed E-state index contributed by atoms with van der Waals surface area (Å²) in [6.07, 6.45) is 0.875. The van der Waals surface area contributed by atoms with E-state index in [1.807, 2.05) is 0 Å². The summed E-state index contributed by atoms with van der Waals surface area (Å²) in [7, 11) is 0. The van der Waals surface area contributed by atoms with Gasteiger partial charge in [-0.15, -0.1) is 0 Å². The molecule has 0 saturated heterocycles. The topological polar surface area (TPSA) is 25.8 Å². The second-order valence-electron chi connectivity index (χ2n) is 3.06. The zero-order valence-corrected chi connectivity index (χ0v) is 11.1. The first kappa shape index (κ1) is 12.7. The van der Waals surface area contributed by atoms with E-state index in [1.165, 1.54) is 12.1 Å². The minimum atomic E-state index is -0.772. The van der Waals surface area contributed by atoms with Crippen LogP contribution in [0, 0.1) is 11.6 Å². The van der Waals surface area contributed by atoms with E-state index in [0.717, 1.165) is 6.20 Å². The zero-order valence-electron chi connectivity index (χ0n) is 8.02. The molecule has 0 atom stereocenters. The highest BCUT2D eigenvalue weighted by atomic mass is 79.9. The fourth-order valence-electron chi connectivity index (χ4n) is 1.24. The third kappa shape index (κ3) is 2.41. The highest BCUT2D eigenvalue weighted by molar-refractivity contribution is 9.10. The van der Waals surface area contributed by atoms with Gasteiger partial charge in [-0.25, -0.2) is 18.7 Å². The number of aromatic nitrogens is 2. The summed E-state index contributed by atoms with van der Waals surface area (Å²) in [5, 5.41) is -0.309. The fraction of sp³-hybridized carbons (Fsp3) is 0. The lowest BCUT2D eigenvalue weighted by molar-refractivity contribution is 0.606. The molecule has 0 bridgehead atoms. The van der Waals surface area contributed by atoms with E-state index >= 15 is 0 Å². The summed E-state index contributed by atoms with van der Waals surface area (Å²) in [5.41, 5.74) is -0.295. The van der Waals surface area contributed by atoms with Crippen LogP contribution in [0.25, 0.3) is 11.3 Å². The van der Waals surface area contributed by atoms with Gasteiger partial charge in [0.1, 0.15) is 5.69 Å². The SMILES string of the molecule is Fc1cnc(Cl)nc1-c1ccc(Br)c(Cl)c1F. The van der Waals surface area contributed by atoms with Gasteiger partial charge in [0, 0.05) is 10.0 Å². The van der Waals surface area contributed by atoms with Crippen LogP contribution in [-0.4, -0.2) is 9.97 Å². The van der Waals surface area contributed by atoms with Crippen molar-refractivity contribution in [1.29, 1.82) is 0 Å². The number of nitrogens with zero attached hydrogens (tertiary/aromatic N) is 2. The molecule has 7 heteroatoms. The molecular weight excluding hydrogens is 337 g/mol. The molecule has 0 aliphatic carbocycles. The van der Waals surface area contributed by atoms with Crippen molar-refractivity contribution in [3.8, 4) is 11.3 Å². The largest absolute Gasteiger partial charge is 0.223 e. The first-order valence-electron chi connectivity index (χ1n) is 4.32. The predicted molar refractivity (Wildman–Crippen MR) is 65.1 cm³/mol. The first-order valence-corrected chi connectivity index (χ1v) is 5.87. The highest BCUT2D eigenvalue weighted by Gasteiger charge is 2.17. The Morgan fingerprint density at radius 2 is 1.88 bits per heavy atom. The van der Waals surface area contributed by atoms with Gasteiger partial charge < -0.3 is 0 Å². The molecular formula is C10H3BrCl2F2N2. The van der Waals surface area contributed by atoms with Crippen molar-refractivity contribution in [1.82, 2.24) is 9.97 Å².